The van der Waals surface area contributed by atoms with Gasteiger partial charge >= 0.3 is 12.4 Å². The Morgan fingerprint density at radius 2 is 1.82 bits per heavy atom. The van der Waals surface area contributed by atoms with E-state index in [9.17, 15) is 36.2 Å². The smallest absolute Gasteiger partial charge is 0.423 e. The average molecular weight is 595 g/mol. The lowest BCUT2D eigenvalue weighted by atomic mass is 10.2. The van der Waals surface area contributed by atoms with E-state index in [1.54, 1.807) is 5.10 Å². The van der Waals surface area contributed by atoms with Crippen LogP contribution in [-0.4, -0.2) is 68.8 Å². The highest BCUT2D eigenvalue weighted by atomic mass is 35.5. The summed E-state index contributed by atoms with van der Waals surface area (Å²) in [6.07, 6.45) is -7.19. The number of hydrogen-bond donors (Lipinski definition) is 3. The van der Waals surface area contributed by atoms with Crippen LogP contribution in [0.3, 0.4) is 0 Å². The molecule has 2 atom stereocenters. The Morgan fingerprint density at radius 3 is 2.45 bits per heavy atom. The summed E-state index contributed by atoms with van der Waals surface area (Å²) in [5.41, 5.74) is -4.33. The molecule has 1 fully saturated rings. The van der Waals surface area contributed by atoms with E-state index in [4.69, 9.17) is 16.3 Å². The third kappa shape index (κ3) is 6.64. The van der Waals surface area contributed by atoms with E-state index in [1.807, 2.05) is 0 Å². The number of halogens is 7. The zero-order chi connectivity index (χ0) is 29.2. The van der Waals surface area contributed by atoms with Gasteiger partial charge in [0, 0.05) is 31.5 Å². The molecule has 4 heterocycles. The molecule has 40 heavy (non-hydrogen) atoms. The third-order valence-corrected chi connectivity index (χ3v) is 6.02. The van der Waals surface area contributed by atoms with Gasteiger partial charge in [-0.1, -0.05) is 11.6 Å². The molecule has 0 spiro atoms. The Morgan fingerprint density at radius 1 is 1.12 bits per heavy atom. The number of anilines is 3. The second-order valence-electron chi connectivity index (χ2n) is 8.70. The van der Waals surface area contributed by atoms with Crippen LogP contribution in [0.25, 0.3) is 0 Å². The summed E-state index contributed by atoms with van der Waals surface area (Å²) in [5, 5.41) is 18.5. The summed E-state index contributed by atoms with van der Waals surface area (Å²) >= 11 is 6.17. The van der Waals surface area contributed by atoms with Crippen molar-refractivity contribution in [2.45, 2.75) is 31.5 Å². The Balaban J connectivity index is 1.40. The second kappa shape index (κ2) is 11.3. The monoisotopic (exact) mass is 594 g/mol. The van der Waals surface area contributed by atoms with Gasteiger partial charge in [0.25, 0.3) is 5.56 Å². The Bertz CT molecular complexity index is 1390. The molecule has 3 N–H and O–H groups in total. The van der Waals surface area contributed by atoms with E-state index in [-0.39, 0.29) is 48.8 Å². The van der Waals surface area contributed by atoms with Crippen LogP contribution in [0.5, 0.6) is 5.75 Å². The predicted molar refractivity (Wildman–Crippen MR) is 130 cm³/mol. The first-order chi connectivity index (χ1) is 18.7. The number of hydrogen-bond acceptors (Lipinski definition) is 10. The van der Waals surface area contributed by atoms with Crippen LogP contribution < -0.4 is 25.4 Å². The number of β-amino-alcohol motifs (C(OH)–C–C–N with tert-alkyl or cyclic N) is 1. The molecule has 18 heteroatoms. The number of rotatable bonds is 7. The summed E-state index contributed by atoms with van der Waals surface area (Å²) < 4.78 is 83.8. The molecule has 0 bridgehead atoms. The largest absolute Gasteiger partial charge is 0.490 e. The summed E-state index contributed by atoms with van der Waals surface area (Å²) in [7, 11) is 0. The van der Waals surface area contributed by atoms with Gasteiger partial charge in [0.05, 0.1) is 36.2 Å². The molecule has 0 aliphatic carbocycles. The van der Waals surface area contributed by atoms with Crippen molar-refractivity contribution in [3.8, 4) is 5.75 Å². The van der Waals surface area contributed by atoms with Gasteiger partial charge in [-0.3, -0.25) is 4.79 Å². The molecule has 4 rings (SSSR count). The molecule has 0 aromatic carbocycles. The zero-order valence-corrected chi connectivity index (χ0v) is 21.2. The number of nitrogens with one attached hydrogen (secondary N) is 2. The normalized spacial score (nSPS) is 17.1. The highest BCUT2D eigenvalue weighted by Crippen LogP contribution is 2.33. The quantitative estimate of drug-likeness (QED) is 0.350. The van der Waals surface area contributed by atoms with Crippen molar-refractivity contribution in [3.05, 3.63) is 57.4 Å². The zero-order valence-electron chi connectivity index (χ0n) is 20.5. The number of alkyl halides is 6. The maximum absolute atomic E-state index is 13.3. The van der Waals surface area contributed by atoms with Crippen LogP contribution in [0.2, 0.25) is 5.02 Å². The van der Waals surface area contributed by atoms with E-state index in [2.05, 4.69) is 25.4 Å². The van der Waals surface area contributed by atoms with Crippen molar-refractivity contribution in [3.63, 3.8) is 0 Å². The molecule has 0 amide bonds. The number of pyridine rings is 1. The fourth-order valence-electron chi connectivity index (χ4n) is 3.83. The molecule has 1 saturated heterocycles. The van der Waals surface area contributed by atoms with E-state index in [1.165, 1.54) is 29.0 Å². The van der Waals surface area contributed by atoms with Crippen molar-refractivity contribution in [1.29, 1.82) is 0 Å². The van der Waals surface area contributed by atoms with E-state index in [0.29, 0.717) is 12.4 Å². The second-order valence-corrected chi connectivity index (χ2v) is 9.11. The summed E-state index contributed by atoms with van der Waals surface area (Å²) in [6, 6.07) is 0.702. The van der Waals surface area contributed by atoms with Crippen molar-refractivity contribution in [2.75, 3.05) is 41.4 Å². The fourth-order valence-corrected chi connectivity index (χ4v) is 3.99. The highest BCUT2D eigenvalue weighted by Gasteiger charge is 2.38. The third-order valence-electron chi connectivity index (χ3n) is 5.73. The van der Waals surface area contributed by atoms with Crippen LogP contribution in [0.1, 0.15) is 18.1 Å². The SMILES string of the molecule is C[C@@H](COc1cc(N2CCN(c3ncc(C(F)(F)F)cn3)C[C@@H]2O)ncc1Cl)Nc1cn[nH]c(=O)c1C(F)(F)F. The maximum Gasteiger partial charge on any atom is 0.423 e. The fraction of sp³-hybridized carbons (Fsp3) is 0.409. The topological polar surface area (TPSA) is 132 Å². The van der Waals surface area contributed by atoms with Crippen molar-refractivity contribution < 1.29 is 36.2 Å². The van der Waals surface area contributed by atoms with Gasteiger partial charge in [0.1, 0.15) is 35.0 Å². The molecule has 0 saturated carbocycles. The molecule has 1 aliphatic heterocycles. The first kappa shape index (κ1) is 29.1. The molecule has 0 unspecified atom stereocenters. The number of piperazine rings is 1. The van der Waals surface area contributed by atoms with Crippen LogP contribution in [0, 0.1) is 0 Å². The number of aliphatic hydroxyl groups is 1. The maximum atomic E-state index is 13.3. The molecule has 1 aliphatic rings. The lowest BCUT2D eigenvalue weighted by Gasteiger charge is -2.39. The van der Waals surface area contributed by atoms with E-state index in [0.717, 1.165) is 6.20 Å². The minimum absolute atomic E-state index is 0.0190. The minimum atomic E-state index is -4.91. The number of aromatic nitrogens is 5. The summed E-state index contributed by atoms with van der Waals surface area (Å²) in [4.78, 5) is 26.3. The molecular weight excluding hydrogens is 574 g/mol. The molecule has 0 radical (unpaired) electrons. The summed E-state index contributed by atoms with van der Waals surface area (Å²) in [5.74, 6) is 0.408. The Hall–Kier alpha value is -3.86. The van der Waals surface area contributed by atoms with Crippen molar-refractivity contribution in [1.82, 2.24) is 25.1 Å². The molecular formula is C22H21ClF6N8O3. The standard InChI is InChI=1S/C22H21ClF6N8O3/c1-11(34-14-8-33-35-19(39)18(14)22(27,28)29)10-40-15-4-16(30-7-13(15)23)37-3-2-36(9-17(37)38)20-31-5-12(6-32-20)21(24,25)26/h4-8,11,17,38H,2-3,9-10H2,1H3,(H2,34,35,39)/t11-,17-/m0/s1. The predicted octanol–water partition coefficient (Wildman–Crippen LogP) is 3.17. The molecule has 11 nitrogen and oxygen atoms in total. The number of aliphatic hydroxyl groups excluding tert-OH is 1. The number of H-pyrrole nitrogens is 1. The van der Waals surface area contributed by atoms with Gasteiger partial charge in [0.2, 0.25) is 5.95 Å². The summed E-state index contributed by atoms with van der Waals surface area (Å²) in [6.45, 7) is 1.74. The molecule has 3 aromatic rings. The first-order valence-electron chi connectivity index (χ1n) is 11.5. The van der Waals surface area contributed by atoms with Crippen molar-refractivity contribution >= 4 is 29.1 Å². The highest BCUT2D eigenvalue weighted by molar-refractivity contribution is 6.32. The van der Waals surface area contributed by atoms with Crippen molar-refractivity contribution in [2.24, 2.45) is 0 Å². The van der Waals surface area contributed by atoms with Gasteiger partial charge in [-0.25, -0.2) is 20.1 Å². The first-order valence-corrected chi connectivity index (χ1v) is 11.9. The number of aromatic amines is 1. The average Bonchev–Trinajstić information content (AvgIpc) is 2.87. The molecule has 216 valence electrons. The van der Waals surface area contributed by atoms with Gasteiger partial charge < -0.3 is 25.0 Å². The lowest BCUT2D eigenvalue weighted by Crippen LogP contribution is -2.54. The van der Waals surface area contributed by atoms with Gasteiger partial charge in [-0.15, -0.1) is 0 Å². The number of ether oxygens (including phenoxy) is 1. The van der Waals surface area contributed by atoms with Crippen LogP contribution in [0.4, 0.5) is 43.8 Å². The Kier molecular flexibility index (Phi) is 8.25. The van der Waals surface area contributed by atoms with Gasteiger partial charge in [0.15, 0.2) is 0 Å². The van der Waals surface area contributed by atoms with Gasteiger partial charge in [-0.2, -0.15) is 31.4 Å². The minimum Gasteiger partial charge on any atom is -0.490 e. The Labute approximate surface area is 226 Å². The van der Waals surface area contributed by atoms with E-state index >= 15 is 0 Å². The van der Waals surface area contributed by atoms with E-state index < -0.39 is 47.0 Å². The molecule has 3 aromatic heterocycles. The van der Waals surface area contributed by atoms with Crippen LogP contribution in [0.15, 0.2) is 35.6 Å². The lowest BCUT2D eigenvalue weighted by molar-refractivity contribution is -0.139. The van der Waals surface area contributed by atoms with Gasteiger partial charge in [-0.05, 0) is 6.92 Å². The van der Waals surface area contributed by atoms with Crippen LogP contribution >= 0.6 is 11.6 Å². The van der Waals surface area contributed by atoms with Crippen LogP contribution in [-0.2, 0) is 12.4 Å². The number of nitrogens with zero attached hydrogens (tertiary/aromatic N) is 6.